The van der Waals surface area contributed by atoms with Gasteiger partial charge in [-0.15, -0.1) is 0 Å². The molecule has 0 saturated carbocycles. The topological polar surface area (TPSA) is 53.3 Å². The number of aryl methyl sites for hydroxylation is 3. The minimum atomic E-state index is -0.0983. The van der Waals surface area contributed by atoms with Crippen molar-refractivity contribution in [3.8, 4) is 11.5 Å². The molecule has 0 saturated heterocycles. The maximum absolute atomic E-state index is 12.2. The molecule has 0 radical (unpaired) electrons. The van der Waals surface area contributed by atoms with Gasteiger partial charge in [-0.25, -0.2) is 0 Å². The molecule has 3 rings (SSSR count). The quantitative estimate of drug-likeness (QED) is 0.398. The minimum absolute atomic E-state index is 0.0983. The normalized spacial score (nSPS) is 11.1. The predicted octanol–water partition coefficient (Wildman–Crippen LogP) is 5.17. The molecule has 0 aliphatic rings. The molecular weight excluding hydrogens is 388 g/mol. The number of nitrogens with zero attached hydrogens (tertiary/aromatic N) is 2. The van der Waals surface area contributed by atoms with Crippen LogP contribution in [0.5, 0.6) is 11.5 Å². The van der Waals surface area contributed by atoms with Crippen molar-refractivity contribution in [1.82, 2.24) is 9.78 Å². The van der Waals surface area contributed by atoms with E-state index in [1.54, 1.807) is 37.3 Å². The van der Waals surface area contributed by atoms with E-state index in [4.69, 9.17) is 21.1 Å². The van der Waals surface area contributed by atoms with Crippen LogP contribution < -0.4 is 9.47 Å². The van der Waals surface area contributed by atoms with E-state index < -0.39 is 0 Å². The molecule has 0 spiro atoms. The van der Waals surface area contributed by atoms with Crippen LogP contribution in [0, 0.1) is 13.8 Å². The van der Waals surface area contributed by atoms with Crippen molar-refractivity contribution in [2.45, 2.75) is 20.5 Å². The number of allylic oxidation sites excluding steroid dienone is 1. The fraction of sp³-hybridized carbons (Fsp3) is 0.217. The van der Waals surface area contributed by atoms with Crippen LogP contribution in [0.25, 0.3) is 6.08 Å². The van der Waals surface area contributed by atoms with E-state index >= 15 is 0 Å². The largest absolute Gasteiger partial charge is 0.496 e. The van der Waals surface area contributed by atoms with Crippen LogP contribution >= 0.6 is 11.6 Å². The van der Waals surface area contributed by atoms with Crippen LogP contribution in [-0.2, 0) is 13.7 Å². The Morgan fingerprint density at radius 2 is 1.93 bits per heavy atom. The second-order valence-corrected chi connectivity index (χ2v) is 7.21. The summed E-state index contributed by atoms with van der Waals surface area (Å²) in [6.45, 7) is 4.24. The zero-order chi connectivity index (χ0) is 21.0. The number of halogens is 1. The van der Waals surface area contributed by atoms with Crippen molar-refractivity contribution >= 4 is 23.5 Å². The first kappa shape index (κ1) is 20.7. The lowest BCUT2D eigenvalue weighted by atomic mass is 10.1. The molecule has 29 heavy (non-hydrogen) atoms. The number of ether oxygens (including phenoxy) is 2. The zero-order valence-corrected chi connectivity index (χ0v) is 17.7. The van der Waals surface area contributed by atoms with Crippen molar-refractivity contribution in [2.24, 2.45) is 7.05 Å². The Bertz CT molecular complexity index is 1050. The van der Waals surface area contributed by atoms with Crippen LogP contribution in [-0.4, -0.2) is 22.7 Å². The van der Waals surface area contributed by atoms with Crippen LogP contribution in [0.3, 0.4) is 0 Å². The van der Waals surface area contributed by atoms with Crippen LogP contribution in [0.1, 0.15) is 32.6 Å². The van der Waals surface area contributed by atoms with Gasteiger partial charge >= 0.3 is 0 Å². The van der Waals surface area contributed by atoms with E-state index in [-0.39, 0.29) is 5.78 Å². The van der Waals surface area contributed by atoms with E-state index in [2.05, 4.69) is 5.10 Å². The molecular formula is C23H23ClN2O3. The Morgan fingerprint density at radius 1 is 1.21 bits per heavy atom. The molecule has 0 atom stereocenters. The molecule has 1 heterocycles. The highest BCUT2D eigenvalue weighted by Crippen LogP contribution is 2.28. The van der Waals surface area contributed by atoms with Crippen molar-refractivity contribution in [3.63, 3.8) is 0 Å². The summed E-state index contributed by atoms with van der Waals surface area (Å²) in [5.41, 5.74) is 4.26. The number of hydrogen-bond donors (Lipinski definition) is 0. The summed E-state index contributed by atoms with van der Waals surface area (Å²) in [4.78, 5) is 12.2. The summed E-state index contributed by atoms with van der Waals surface area (Å²) in [5.74, 6) is 1.38. The number of carbonyl (C=O) groups is 1. The standard InChI is InChI=1S/C23H23ClN2O3/c1-15-9-20(10-16(2)23(15)24)29-14-18-11-17(6-8-22(18)28-4)5-7-21(27)19-12-25-26(3)13-19/h5-13H,14H2,1-4H3/b7-5+. The fourth-order valence-corrected chi connectivity index (χ4v) is 3.09. The summed E-state index contributed by atoms with van der Waals surface area (Å²) in [6, 6.07) is 9.54. The zero-order valence-electron chi connectivity index (χ0n) is 16.9. The summed E-state index contributed by atoms with van der Waals surface area (Å²) >= 11 is 6.23. The molecule has 0 unspecified atom stereocenters. The lowest BCUT2D eigenvalue weighted by molar-refractivity contribution is 0.104. The van der Waals surface area contributed by atoms with Crippen molar-refractivity contribution in [2.75, 3.05) is 7.11 Å². The number of benzene rings is 2. The number of rotatable bonds is 7. The molecule has 0 fully saturated rings. The Hall–Kier alpha value is -3.05. The van der Waals surface area contributed by atoms with Gasteiger partial charge in [0, 0.05) is 23.8 Å². The van der Waals surface area contributed by atoms with Gasteiger partial charge in [0.1, 0.15) is 18.1 Å². The van der Waals surface area contributed by atoms with Gasteiger partial charge in [0.25, 0.3) is 0 Å². The number of carbonyl (C=O) groups excluding carboxylic acids is 1. The molecule has 0 N–H and O–H groups in total. The summed E-state index contributed by atoms with van der Waals surface area (Å²) < 4.78 is 13.0. The Morgan fingerprint density at radius 3 is 2.55 bits per heavy atom. The second kappa shape index (κ2) is 8.97. The molecule has 0 amide bonds. The van der Waals surface area contributed by atoms with Crippen molar-refractivity contribution in [1.29, 1.82) is 0 Å². The van der Waals surface area contributed by atoms with Crippen LogP contribution in [0.15, 0.2) is 48.8 Å². The fourth-order valence-electron chi connectivity index (χ4n) is 2.98. The Kier molecular flexibility index (Phi) is 6.39. The van der Waals surface area contributed by atoms with Gasteiger partial charge in [-0.1, -0.05) is 23.7 Å². The third-order valence-electron chi connectivity index (χ3n) is 4.53. The summed E-state index contributed by atoms with van der Waals surface area (Å²) in [5, 5.41) is 4.77. The van der Waals surface area contributed by atoms with Crippen LogP contribution in [0.4, 0.5) is 0 Å². The first-order valence-corrected chi connectivity index (χ1v) is 9.52. The molecule has 0 aliphatic carbocycles. The summed E-state index contributed by atoms with van der Waals surface area (Å²) in [7, 11) is 3.40. The first-order valence-electron chi connectivity index (χ1n) is 9.15. The number of methoxy groups -OCH3 is 1. The molecule has 1 aromatic heterocycles. The van der Waals surface area contributed by atoms with E-state index in [9.17, 15) is 4.79 Å². The molecule has 6 heteroatoms. The highest BCUT2D eigenvalue weighted by molar-refractivity contribution is 6.32. The molecule has 0 bridgehead atoms. The first-order chi connectivity index (χ1) is 13.9. The van der Waals surface area contributed by atoms with Crippen molar-refractivity contribution < 1.29 is 14.3 Å². The number of ketones is 1. The Balaban J connectivity index is 1.76. The number of aromatic nitrogens is 2. The highest BCUT2D eigenvalue weighted by atomic mass is 35.5. The van der Waals surface area contributed by atoms with Gasteiger partial charge in [0.05, 0.1) is 18.9 Å². The minimum Gasteiger partial charge on any atom is -0.496 e. The third kappa shape index (κ3) is 5.06. The maximum Gasteiger partial charge on any atom is 0.189 e. The highest BCUT2D eigenvalue weighted by Gasteiger charge is 2.08. The van der Waals surface area contributed by atoms with E-state index in [0.29, 0.717) is 12.2 Å². The molecule has 3 aromatic rings. The number of hydrogen-bond acceptors (Lipinski definition) is 4. The molecule has 2 aromatic carbocycles. The smallest absolute Gasteiger partial charge is 0.189 e. The van der Waals surface area contributed by atoms with E-state index in [1.165, 1.54) is 6.08 Å². The molecule has 5 nitrogen and oxygen atoms in total. The molecule has 150 valence electrons. The Labute approximate surface area is 175 Å². The van der Waals surface area contributed by atoms with E-state index in [1.807, 2.05) is 44.2 Å². The van der Waals surface area contributed by atoms with Gasteiger partial charge in [0.15, 0.2) is 5.78 Å². The monoisotopic (exact) mass is 410 g/mol. The average Bonchev–Trinajstić information content (AvgIpc) is 3.15. The van der Waals surface area contributed by atoms with Gasteiger partial charge < -0.3 is 9.47 Å². The average molecular weight is 411 g/mol. The third-order valence-corrected chi connectivity index (χ3v) is 5.12. The maximum atomic E-state index is 12.2. The molecule has 0 aliphatic heterocycles. The predicted molar refractivity (Wildman–Crippen MR) is 115 cm³/mol. The SMILES string of the molecule is COc1ccc(/C=C/C(=O)c2cnn(C)c2)cc1COc1cc(C)c(Cl)c(C)c1. The van der Waals surface area contributed by atoms with Crippen LogP contribution in [0.2, 0.25) is 5.02 Å². The van der Waals surface area contributed by atoms with Gasteiger partial charge in [-0.3, -0.25) is 9.48 Å². The lowest BCUT2D eigenvalue weighted by Crippen LogP contribution is -2.00. The lowest BCUT2D eigenvalue weighted by Gasteiger charge is -2.13. The van der Waals surface area contributed by atoms with Gasteiger partial charge in [0.2, 0.25) is 0 Å². The van der Waals surface area contributed by atoms with Gasteiger partial charge in [-0.05, 0) is 60.9 Å². The van der Waals surface area contributed by atoms with Crippen molar-refractivity contribution in [3.05, 3.63) is 81.6 Å². The second-order valence-electron chi connectivity index (χ2n) is 6.83. The van der Waals surface area contributed by atoms with Gasteiger partial charge in [-0.2, -0.15) is 5.10 Å². The van der Waals surface area contributed by atoms with E-state index in [0.717, 1.165) is 38.8 Å². The summed E-state index contributed by atoms with van der Waals surface area (Å²) in [6.07, 6.45) is 6.55.